The van der Waals surface area contributed by atoms with E-state index in [1.54, 1.807) is 0 Å². The zero-order valence-corrected chi connectivity index (χ0v) is 16.2. The largest absolute Gasteiger partial charge is 0.571 e. The molecular weight excluding hydrogens is 412 g/mol. The molecule has 1 N–H and O–H groups in total. The zero-order chi connectivity index (χ0) is 21.6. The molecule has 0 amide bonds. The van der Waals surface area contributed by atoms with E-state index in [1.165, 1.54) is 36.4 Å². The minimum absolute atomic E-state index is 0.0484. The van der Waals surface area contributed by atoms with Gasteiger partial charge >= 0.3 is 6.30 Å². The monoisotopic (exact) mass is 429 g/mol. The molecule has 1 atom stereocenters. The molecule has 2 aromatic carbocycles. The topological polar surface area (TPSA) is 66.7 Å². The molecule has 5 nitrogen and oxygen atoms in total. The summed E-state index contributed by atoms with van der Waals surface area (Å²) in [6, 6.07) is 9.70. The smallest absolute Gasteiger partial charge is 0.384 e. The van der Waals surface area contributed by atoms with Crippen LogP contribution in [0.15, 0.2) is 58.4 Å². The van der Waals surface area contributed by atoms with Gasteiger partial charge in [-0.1, -0.05) is 0 Å². The van der Waals surface area contributed by atoms with Crippen molar-refractivity contribution in [3.8, 4) is 0 Å². The fourth-order valence-corrected chi connectivity index (χ4v) is 3.77. The second-order valence-electron chi connectivity index (χ2n) is 6.66. The molecule has 1 unspecified atom stereocenters. The summed E-state index contributed by atoms with van der Waals surface area (Å²) in [5, 5.41) is 9.58. The molecule has 1 aliphatic heterocycles. The first-order valence-corrected chi connectivity index (χ1v) is 10.2. The molecule has 0 fully saturated rings. The molecule has 0 aromatic heterocycles. The van der Waals surface area contributed by atoms with Gasteiger partial charge in [0.05, 0.1) is 11.9 Å². The van der Waals surface area contributed by atoms with Crippen molar-refractivity contribution in [2.45, 2.75) is 11.2 Å². The van der Waals surface area contributed by atoms with Crippen LogP contribution in [0.2, 0.25) is 0 Å². The molecule has 0 spiro atoms. The van der Waals surface area contributed by atoms with Gasteiger partial charge < -0.3 is 5.11 Å². The number of halogens is 4. The number of nitrogens with zero attached hydrogens (tertiary/aromatic N) is 2. The van der Waals surface area contributed by atoms with Crippen LogP contribution in [-0.4, -0.2) is 50.1 Å². The summed E-state index contributed by atoms with van der Waals surface area (Å²) in [5.41, 5.74) is -0.0800. The second-order valence-corrected chi connectivity index (χ2v) is 8.68. The summed E-state index contributed by atoms with van der Waals surface area (Å²) in [7, 11) is -2.69. The van der Waals surface area contributed by atoms with E-state index >= 15 is 0 Å². The van der Waals surface area contributed by atoms with E-state index in [0.717, 1.165) is 25.4 Å². The predicted octanol–water partition coefficient (Wildman–Crippen LogP) is 3.43. The van der Waals surface area contributed by atoms with Gasteiger partial charge in [-0.05, 0) is 48.5 Å². The molecule has 0 aliphatic carbocycles. The Labute approximate surface area is 164 Å². The van der Waals surface area contributed by atoms with Gasteiger partial charge in [0, 0.05) is 17.4 Å². The van der Waals surface area contributed by atoms with E-state index in [-0.39, 0.29) is 27.4 Å². The summed E-state index contributed by atoms with van der Waals surface area (Å²) >= 11 is 0. The first-order chi connectivity index (χ1) is 13.4. The van der Waals surface area contributed by atoms with E-state index < -0.39 is 38.9 Å². The molecule has 154 valence electrons. The predicted molar refractivity (Wildman–Crippen MR) is 99.5 cm³/mol. The molecule has 0 bridgehead atoms. The second kappa shape index (κ2) is 7.05. The Morgan fingerprint density at radius 2 is 1.52 bits per heavy atom. The zero-order valence-electron chi connectivity index (χ0n) is 15.4. The highest BCUT2D eigenvalue weighted by Crippen LogP contribution is 2.47. The molecule has 0 saturated heterocycles. The maximum Gasteiger partial charge on any atom is 0.571 e. The lowest BCUT2D eigenvalue weighted by atomic mass is 10.0. The van der Waals surface area contributed by atoms with Gasteiger partial charge in [0.2, 0.25) is 5.84 Å². The number of hydrogen-bond acceptors (Lipinski definition) is 4. The quantitative estimate of drug-likeness (QED) is 0.460. The number of amidine groups is 1. The van der Waals surface area contributed by atoms with E-state index in [2.05, 4.69) is 4.99 Å². The molecular formula is C19H17F4N2O3S+. The first-order valence-electron chi connectivity index (χ1n) is 8.33. The Morgan fingerprint density at radius 3 is 1.97 bits per heavy atom. The fraction of sp³-hybridized carbons (Fsp3) is 0.211. The van der Waals surface area contributed by atoms with E-state index in [1.807, 2.05) is 0 Å². The number of rotatable bonds is 4. The molecule has 3 rings (SSSR count). The van der Waals surface area contributed by atoms with Crippen LogP contribution in [0.3, 0.4) is 0 Å². The van der Waals surface area contributed by atoms with Crippen molar-refractivity contribution in [3.05, 3.63) is 65.5 Å². The number of aliphatic imine (C=N–C) groups is 1. The molecule has 1 aliphatic rings. The van der Waals surface area contributed by atoms with Crippen molar-refractivity contribution in [3.63, 3.8) is 0 Å². The van der Waals surface area contributed by atoms with Gasteiger partial charge in [0.1, 0.15) is 18.1 Å². The van der Waals surface area contributed by atoms with Gasteiger partial charge in [-0.2, -0.15) is 9.48 Å². The van der Waals surface area contributed by atoms with Crippen molar-refractivity contribution in [2.24, 2.45) is 4.99 Å². The van der Waals surface area contributed by atoms with Crippen LogP contribution < -0.4 is 0 Å². The van der Waals surface area contributed by atoms with E-state index in [9.17, 15) is 31.1 Å². The van der Waals surface area contributed by atoms with Crippen LogP contribution >= 0.6 is 0 Å². The van der Waals surface area contributed by atoms with Crippen molar-refractivity contribution in [2.75, 3.05) is 19.9 Å². The molecule has 0 saturated carbocycles. The molecule has 2 aromatic rings. The van der Waals surface area contributed by atoms with Gasteiger partial charge in [0.25, 0.3) is 0 Å². The summed E-state index contributed by atoms with van der Waals surface area (Å²) < 4.78 is 77.3. The average molecular weight is 429 g/mol. The van der Waals surface area contributed by atoms with Crippen molar-refractivity contribution < 1.29 is 35.6 Å². The molecule has 0 radical (unpaired) electrons. The number of hydrogen-bond donors (Lipinski definition) is 1. The highest BCUT2D eigenvalue weighted by Gasteiger charge is 2.62. The summed E-state index contributed by atoms with van der Waals surface area (Å²) in [4.78, 5) is 3.96. The Kier molecular flexibility index (Phi) is 5.14. The fourth-order valence-electron chi connectivity index (χ4n) is 3.14. The summed E-state index contributed by atoms with van der Waals surface area (Å²) in [6.45, 7) is -0.953. The number of likely N-dealkylation sites (N-methyl/N-ethyl adjacent to an activating group) is 1. The number of quaternary nitrogens is 1. The van der Waals surface area contributed by atoms with Gasteiger partial charge in [-0.3, -0.25) is 0 Å². The maximum atomic E-state index is 14.1. The third-order valence-corrected chi connectivity index (χ3v) is 5.88. The normalized spacial score (nSPS) is 20.2. The van der Waals surface area contributed by atoms with Crippen LogP contribution in [0.1, 0.15) is 11.1 Å². The third kappa shape index (κ3) is 3.59. The van der Waals surface area contributed by atoms with Crippen LogP contribution in [-0.2, 0) is 9.84 Å². The minimum atomic E-state index is -4.85. The van der Waals surface area contributed by atoms with Gasteiger partial charge in [-0.15, -0.1) is 13.2 Å². The summed E-state index contributed by atoms with van der Waals surface area (Å²) in [6.07, 6.45) is -3.86. The van der Waals surface area contributed by atoms with Gasteiger partial charge in [0.15, 0.2) is 15.5 Å². The SMILES string of the molecule is C[N+]1(C(F)(F)F)C(CO)=NC(c2ccc(F)cc2)=C1c1ccc(S(C)(=O)=O)cc1. The lowest BCUT2D eigenvalue weighted by Gasteiger charge is -2.32. The standard InChI is InChI=1S/C19H17F4N2O3S/c1-25(19(21,22)23)16(11-26)24-17(12-3-7-14(20)8-4-12)18(25)13-5-9-15(10-6-13)29(2,27)28/h3-10,26H,11H2,1-2H3/q+1. The highest BCUT2D eigenvalue weighted by atomic mass is 32.2. The molecule has 29 heavy (non-hydrogen) atoms. The lowest BCUT2D eigenvalue weighted by molar-refractivity contribution is -0.879. The summed E-state index contributed by atoms with van der Waals surface area (Å²) in [5.74, 6) is -1.12. The van der Waals surface area contributed by atoms with Crippen LogP contribution in [0.25, 0.3) is 11.4 Å². The number of aliphatic hydroxyl groups excluding tert-OH is 1. The van der Waals surface area contributed by atoms with Crippen LogP contribution in [0, 0.1) is 5.82 Å². The Bertz CT molecular complexity index is 1110. The Morgan fingerprint density at radius 1 is 1.00 bits per heavy atom. The average Bonchev–Trinajstić information content (AvgIpc) is 2.95. The number of sulfone groups is 1. The number of benzene rings is 2. The minimum Gasteiger partial charge on any atom is -0.384 e. The Balaban J connectivity index is 2.31. The molecule has 1 heterocycles. The number of aliphatic hydroxyl groups is 1. The van der Waals surface area contributed by atoms with Crippen LogP contribution in [0.5, 0.6) is 0 Å². The third-order valence-electron chi connectivity index (χ3n) is 4.75. The Hall–Kier alpha value is -2.56. The number of alkyl halides is 3. The highest BCUT2D eigenvalue weighted by molar-refractivity contribution is 7.90. The maximum absolute atomic E-state index is 14.1. The van der Waals surface area contributed by atoms with Crippen molar-refractivity contribution in [1.29, 1.82) is 0 Å². The lowest BCUT2D eigenvalue weighted by Crippen LogP contribution is -2.56. The van der Waals surface area contributed by atoms with E-state index in [4.69, 9.17) is 0 Å². The molecule has 10 heteroatoms. The van der Waals surface area contributed by atoms with E-state index in [0.29, 0.717) is 0 Å². The van der Waals surface area contributed by atoms with Crippen molar-refractivity contribution >= 4 is 27.1 Å². The van der Waals surface area contributed by atoms with Crippen molar-refractivity contribution in [1.82, 2.24) is 0 Å². The van der Waals surface area contributed by atoms with Gasteiger partial charge in [-0.25, -0.2) is 12.8 Å². The van der Waals surface area contributed by atoms with Crippen LogP contribution in [0.4, 0.5) is 17.6 Å². The first kappa shape index (κ1) is 21.2.